The van der Waals surface area contributed by atoms with Crippen molar-refractivity contribution in [2.24, 2.45) is 0 Å². The van der Waals surface area contributed by atoms with Gasteiger partial charge in [0.15, 0.2) is 0 Å². The minimum absolute atomic E-state index is 0.440. The second kappa shape index (κ2) is 10.2. The van der Waals surface area contributed by atoms with E-state index in [4.69, 9.17) is 4.52 Å². The van der Waals surface area contributed by atoms with Crippen molar-refractivity contribution in [1.29, 1.82) is 0 Å². The number of hydrogen-bond donors (Lipinski definition) is 0. The van der Waals surface area contributed by atoms with Crippen LogP contribution in [0.3, 0.4) is 0 Å². The SMILES string of the molecule is CCCCCCCCO[P](=O)[P](=O)c1ccccc1. The maximum Gasteiger partial charge on any atom is 0.302 e. The van der Waals surface area contributed by atoms with Gasteiger partial charge in [-0.2, -0.15) is 0 Å². The molecule has 0 aromatic heterocycles. The fraction of sp³-hybridized carbons (Fsp3) is 0.571. The first-order valence-corrected chi connectivity index (χ1v) is 10.0. The molecule has 2 unspecified atom stereocenters. The maximum atomic E-state index is 11.9. The van der Waals surface area contributed by atoms with Gasteiger partial charge in [-0.3, -0.25) is 9.09 Å². The summed E-state index contributed by atoms with van der Waals surface area (Å²) < 4.78 is 28.8. The molecule has 1 rings (SSSR count). The summed E-state index contributed by atoms with van der Waals surface area (Å²) >= 11 is 0. The molecule has 0 N–H and O–H groups in total. The molecule has 0 aliphatic heterocycles. The average molecular weight is 300 g/mol. The number of benzene rings is 1. The second-order valence-electron chi connectivity index (χ2n) is 4.45. The third kappa shape index (κ3) is 6.92. The summed E-state index contributed by atoms with van der Waals surface area (Å²) in [5, 5.41) is 0.599. The van der Waals surface area contributed by atoms with E-state index in [-0.39, 0.29) is 0 Å². The van der Waals surface area contributed by atoms with Crippen LogP contribution in [0.4, 0.5) is 0 Å². The van der Waals surface area contributed by atoms with Gasteiger partial charge in [-0.25, -0.2) is 4.57 Å². The van der Waals surface area contributed by atoms with Crippen LogP contribution in [0.25, 0.3) is 0 Å². The van der Waals surface area contributed by atoms with Crippen molar-refractivity contribution in [3.63, 3.8) is 0 Å². The monoisotopic (exact) mass is 300 g/mol. The molecular weight excluding hydrogens is 278 g/mol. The summed E-state index contributed by atoms with van der Waals surface area (Å²) in [5.41, 5.74) is 0. The van der Waals surface area contributed by atoms with Gasteiger partial charge < -0.3 is 0 Å². The van der Waals surface area contributed by atoms with Gasteiger partial charge >= 0.3 is 7.72 Å². The van der Waals surface area contributed by atoms with Crippen molar-refractivity contribution < 1.29 is 13.7 Å². The van der Waals surface area contributed by atoms with Crippen molar-refractivity contribution in [2.45, 2.75) is 45.4 Å². The molecule has 2 atom stereocenters. The lowest BCUT2D eigenvalue weighted by molar-refractivity contribution is 0.323. The molecule has 0 saturated carbocycles. The van der Waals surface area contributed by atoms with Crippen LogP contribution in [0, 0.1) is 0 Å². The van der Waals surface area contributed by atoms with Crippen LogP contribution in [0.2, 0.25) is 0 Å². The van der Waals surface area contributed by atoms with E-state index in [0.717, 1.165) is 12.8 Å². The van der Waals surface area contributed by atoms with Gasteiger partial charge in [-0.15, -0.1) is 0 Å². The van der Waals surface area contributed by atoms with Crippen molar-refractivity contribution in [1.82, 2.24) is 0 Å². The summed E-state index contributed by atoms with van der Waals surface area (Å²) in [6.45, 7) is 2.63. The Labute approximate surface area is 117 Å². The normalized spacial score (nSPS) is 12.3. The molecule has 19 heavy (non-hydrogen) atoms. The van der Waals surface area contributed by atoms with E-state index >= 15 is 0 Å². The summed E-state index contributed by atoms with van der Waals surface area (Å²) in [6, 6.07) is 8.87. The molecule has 0 heterocycles. The first-order valence-electron chi connectivity index (χ1n) is 6.88. The Morgan fingerprint density at radius 3 is 2.26 bits per heavy atom. The van der Waals surface area contributed by atoms with Crippen molar-refractivity contribution >= 4 is 20.5 Å². The summed E-state index contributed by atoms with van der Waals surface area (Å²) in [4.78, 5) is 0. The van der Waals surface area contributed by atoms with Crippen molar-refractivity contribution in [3.05, 3.63) is 30.3 Å². The Bertz CT molecular complexity index is 393. The van der Waals surface area contributed by atoms with E-state index in [2.05, 4.69) is 6.92 Å². The van der Waals surface area contributed by atoms with E-state index in [9.17, 15) is 9.13 Å². The van der Waals surface area contributed by atoms with Crippen LogP contribution in [0.5, 0.6) is 0 Å². The molecule has 0 spiro atoms. The lowest BCUT2D eigenvalue weighted by atomic mass is 10.1. The molecule has 0 aliphatic carbocycles. The molecule has 0 bridgehead atoms. The minimum Gasteiger partial charge on any atom is -0.296 e. The molecule has 0 amide bonds. The molecule has 5 heteroatoms. The maximum absolute atomic E-state index is 11.9. The highest BCUT2D eigenvalue weighted by Crippen LogP contribution is 2.51. The molecule has 0 fully saturated rings. The number of hydrogen-bond acceptors (Lipinski definition) is 3. The molecule has 3 nitrogen and oxygen atoms in total. The van der Waals surface area contributed by atoms with E-state index in [1.165, 1.54) is 25.7 Å². The van der Waals surface area contributed by atoms with Crippen LogP contribution < -0.4 is 5.30 Å². The largest absolute Gasteiger partial charge is 0.302 e. The van der Waals surface area contributed by atoms with Crippen LogP contribution in [-0.4, -0.2) is 6.61 Å². The van der Waals surface area contributed by atoms with E-state index in [1.54, 1.807) is 24.3 Å². The van der Waals surface area contributed by atoms with Crippen LogP contribution >= 0.6 is 15.2 Å². The standard InChI is InChI=1S/C14H22O3P2/c1-2-3-4-5-6-10-13-17-19(16)18(15)14-11-8-7-9-12-14/h7-9,11-12H,2-6,10,13H2,1H3. The van der Waals surface area contributed by atoms with Crippen molar-refractivity contribution in [2.75, 3.05) is 6.61 Å². The lowest BCUT2D eigenvalue weighted by Gasteiger charge is -2.03. The van der Waals surface area contributed by atoms with Gasteiger partial charge in [-0.05, 0) is 18.6 Å². The van der Waals surface area contributed by atoms with Gasteiger partial charge in [0.2, 0.25) is 7.49 Å². The molecule has 0 saturated heterocycles. The number of rotatable bonds is 10. The van der Waals surface area contributed by atoms with Gasteiger partial charge in [0.1, 0.15) is 0 Å². The lowest BCUT2D eigenvalue weighted by Crippen LogP contribution is -1.93. The molecule has 2 radical (unpaired) electrons. The zero-order valence-corrected chi connectivity index (χ0v) is 13.2. The molecule has 106 valence electrons. The zero-order valence-electron chi connectivity index (χ0n) is 11.5. The Morgan fingerprint density at radius 2 is 1.58 bits per heavy atom. The Morgan fingerprint density at radius 1 is 0.947 bits per heavy atom. The summed E-state index contributed by atoms with van der Waals surface area (Å²) in [7, 11) is -4.02. The number of unbranched alkanes of at least 4 members (excludes halogenated alkanes) is 5. The Kier molecular flexibility index (Phi) is 8.82. The van der Waals surface area contributed by atoms with Gasteiger partial charge in [0.25, 0.3) is 0 Å². The van der Waals surface area contributed by atoms with Crippen LogP contribution in [-0.2, 0) is 13.7 Å². The predicted molar refractivity (Wildman–Crippen MR) is 80.6 cm³/mol. The van der Waals surface area contributed by atoms with Gasteiger partial charge in [0, 0.05) is 5.30 Å². The van der Waals surface area contributed by atoms with Crippen molar-refractivity contribution in [3.8, 4) is 0 Å². The molecule has 0 aliphatic rings. The molecule has 1 aromatic rings. The van der Waals surface area contributed by atoms with Gasteiger partial charge in [-0.1, -0.05) is 57.2 Å². The highest BCUT2D eigenvalue weighted by molar-refractivity contribution is 8.19. The molecule has 1 aromatic carbocycles. The highest BCUT2D eigenvalue weighted by Gasteiger charge is 2.14. The van der Waals surface area contributed by atoms with Gasteiger partial charge in [0.05, 0.1) is 6.61 Å². The Hall–Kier alpha value is -0.620. The topological polar surface area (TPSA) is 43.4 Å². The van der Waals surface area contributed by atoms with E-state index in [1.807, 2.05) is 6.07 Å². The quantitative estimate of drug-likeness (QED) is 0.442. The first kappa shape index (κ1) is 16.4. The van der Waals surface area contributed by atoms with E-state index < -0.39 is 15.2 Å². The predicted octanol–water partition coefficient (Wildman–Crippen LogP) is 5.17. The third-order valence-corrected chi connectivity index (χ3v) is 6.19. The smallest absolute Gasteiger partial charge is 0.296 e. The van der Waals surface area contributed by atoms with E-state index in [0.29, 0.717) is 11.9 Å². The van der Waals surface area contributed by atoms with Crippen LogP contribution in [0.1, 0.15) is 45.4 Å². The zero-order chi connectivity index (χ0) is 13.9. The summed E-state index contributed by atoms with van der Waals surface area (Å²) in [6.07, 6.45) is 6.93. The molecular formula is C14H22O3P2. The van der Waals surface area contributed by atoms with Crippen LogP contribution in [0.15, 0.2) is 30.3 Å². The fourth-order valence-electron chi connectivity index (χ4n) is 1.73. The Balaban J connectivity index is 2.16. The first-order chi connectivity index (χ1) is 9.25. The third-order valence-electron chi connectivity index (χ3n) is 2.83. The summed E-state index contributed by atoms with van der Waals surface area (Å²) in [5.74, 6) is 0. The second-order valence-corrected chi connectivity index (χ2v) is 8.31. The minimum atomic E-state index is -2.09. The average Bonchev–Trinajstić information content (AvgIpc) is 2.46. The fourth-order valence-corrected chi connectivity index (χ4v) is 4.26. The highest BCUT2D eigenvalue weighted by atomic mass is 32.1.